The van der Waals surface area contributed by atoms with Gasteiger partial charge in [-0.05, 0) is 183 Å². The number of benzene rings is 5. The summed E-state index contributed by atoms with van der Waals surface area (Å²) in [4.78, 5) is 0. The molecule has 494 valence electrons. The Labute approximate surface area is 576 Å². The first-order chi connectivity index (χ1) is 45.5. The Hall–Kier alpha value is -8.15. The lowest BCUT2D eigenvalue weighted by Gasteiger charge is -2.16. The molecule has 0 aliphatic heterocycles. The van der Waals surface area contributed by atoms with E-state index in [0.29, 0.717) is 17.8 Å². The fourth-order valence-corrected chi connectivity index (χ4v) is 12.7. The third-order valence-electron chi connectivity index (χ3n) is 18.2. The number of hydrogen-bond acceptors (Lipinski definition) is 0. The minimum absolute atomic E-state index is 0.552. The van der Waals surface area contributed by atoms with Gasteiger partial charge < -0.3 is 0 Å². The third kappa shape index (κ3) is 18.8. The molecule has 5 aromatic heterocycles. The van der Waals surface area contributed by atoms with Crippen molar-refractivity contribution in [1.82, 2.24) is 0 Å². The summed E-state index contributed by atoms with van der Waals surface area (Å²) in [7, 11) is 10.4. The van der Waals surface area contributed by atoms with Crippen LogP contribution in [0.2, 0.25) is 0 Å². The average Bonchev–Trinajstić information content (AvgIpc) is 0.789. The summed E-state index contributed by atoms with van der Waals surface area (Å²) in [5, 5.41) is 0. The van der Waals surface area contributed by atoms with Gasteiger partial charge in [0.25, 0.3) is 0 Å². The molecule has 0 saturated heterocycles. The molecule has 0 spiro atoms. The van der Waals surface area contributed by atoms with Crippen molar-refractivity contribution in [3.63, 3.8) is 0 Å². The van der Waals surface area contributed by atoms with Crippen LogP contribution in [-0.2, 0) is 35.2 Å². The Morgan fingerprint density at radius 3 is 0.670 bits per heavy atom. The first kappa shape index (κ1) is 68.7. The van der Waals surface area contributed by atoms with Crippen molar-refractivity contribution in [1.29, 1.82) is 0 Å². The van der Waals surface area contributed by atoms with Crippen LogP contribution in [0.5, 0.6) is 0 Å². The molecule has 0 unspecified atom stereocenters. The largest absolute Gasteiger partial charge is 0.212 e. The van der Waals surface area contributed by atoms with Gasteiger partial charge in [0.15, 0.2) is 31.0 Å². The lowest BCUT2D eigenvalue weighted by atomic mass is 9.90. The normalized spacial score (nSPS) is 12.2. The minimum Gasteiger partial charge on any atom is -0.201 e. The van der Waals surface area contributed by atoms with Gasteiger partial charge in [0.1, 0.15) is 35.2 Å². The maximum atomic E-state index is 8.48. The van der Waals surface area contributed by atoms with Crippen LogP contribution in [0.15, 0.2) is 183 Å². The first-order valence-corrected chi connectivity index (χ1v) is 33.9. The van der Waals surface area contributed by atoms with Gasteiger partial charge in [-0.15, -0.1) is 0 Å². The Morgan fingerprint density at radius 2 is 0.426 bits per heavy atom. The van der Waals surface area contributed by atoms with E-state index in [1.165, 1.54) is 112 Å². The summed E-state index contributed by atoms with van der Waals surface area (Å²) in [6, 6.07) is 53.4. The second-order valence-electron chi connectivity index (χ2n) is 28.0. The summed E-state index contributed by atoms with van der Waals surface area (Å²) in [5.41, 5.74) is 30.9. The van der Waals surface area contributed by atoms with Crippen molar-refractivity contribution in [2.24, 2.45) is 35.2 Å². The zero-order valence-corrected chi connectivity index (χ0v) is 62.8. The lowest BCUT2D eigenvalue weighted by molar-refractivity contribution is -0.661. The van der Waals surface area contributed by atoms with E-state index in [9.17, 15) is 0 Å². The standard InChI is InChI=1S/2C19H26N.3C17H22N/c2*1-13(2)17-11-19(16-10-8-7-9-15(16)5)20(6)12-18(17)14(3)4;3*1-12(2)16-11-18(5)17(10-14(16)4)15-9-7-6-8-13(15)3/h2*7-14H,1-6H3;3*6-12H,1-5H3/q5*+1/i13D,14D;;2*12D;. The molecule has 0 aliphatic carbocycles. The van der Waals surface area contributed by atoms with Gasteiger partial charge in [-0.1, -0.05) is 188 Å². The summed E-state index contributed by atoms with van der Waals surface area (Å²) >= 11 is 0. The molecular formula is C89H118N5+5. The molecule has 10 rings (SSSR count). The van der Waals surface area contributed by atoms with E-state index in [4.69, 9.17) is 5.48 Å². The molecule has 0 fully saturated rings. The molecule has 0 bridgehead atoms. The zero-order valence-electron chi connectivity index (χ0n) is 66.8. The molecule has 0 radical (unpaired) electrons. The summed E-state index contributed by atoms with van der Waals surface area (Å²) < 4.78 is 44.2. The smallest absolute Gasteiger partial charge is 0.201 e. The highest BCUT2D eigenvalue weighted by atomic mass is 14.9. The van der Waals surface area contributed by atoms with Gasteiger partial charge in [-0.3, -0.25) is 0 Å². The summed E-state index contributed by atoms with van der Waals surface area (Å²) in [6.07, 6.45) is 10.8. The van der Waals surface area contributed by atoms with Gasteiger partial charge in [-0.25, -0.2) is 22.8 Å². The molecular weight excluding hydrogens is 1140 g/mol. The number of rotatable bonds is 12. The number of nitrogens with zero attached hydrogens (tertiary/aromatic N) is 5. The maximum Gasteiger partial charge on any atom is 0.212 e. The molecule has 5 aromatic carbocycles. The van der Waals surface area contributed by atoms with Crippen molar-refractivity contribution in [2.75, 3.05) is 0 Å². The minimum atomic E-state index is -0.737. The van der Waals surface area contributed by atoms with E-state index in [1.807, 2.05) is 80.8 Å². The van der Waals surface area contributed by atoms with Crippen LogP contribution in [0.1, 0.15) is 227 Å². The van der Waals surface area contributed by atoms with E-state index in [-0.39, 0.29) is 0 Å². The zero-order chi connectivity index (χ0) is 73.3. The molecule has 5 heteroatoms. The predicted octanol–water partition coefficient (Wildman–Crippen LogP) is 21.2. The van der Waals surface area contributed by atoms with E-state index in [0.717, 1.165) is 27.9 Å². The molecule has 0 atom stereocenters. The van der Waals surface area contributed by atoms with Crippen molar-refractivity contribution in [3.8, 4) is 56.3 Å². The fourth-order valence-electron chi connectivity index (χ4n) is 12.7. The van der Waals surface area contributed by atoms with Crippen LogP contribution in [0.4, 0.5) is 0 Å². The van der Waals surface area contributed by atoms with Crippen LogP contribution in [0, 0.1) is 55.4 Å². The predicted molar refractivity (Wildman–Crippen MR) is 402 cm³/mol. The Morgan fingerprint density at radius 1 is 0.223 bits per heavy atom. The highest BCUT2D eigenvalue weighted by Gasteiger charge is 2.24. The number of aryl methyl sites for hydroxylation is 13. The van der Waals surface area contributed by atoms with E-state index >= 15 is 0 Å². The molecule has 5 heterocycles. The number of aromatic nitrogens is 5. The molecule has 0 N–H and O–H groups in total. The van der Waals surface area contributed by atoms with Crippen LogP contribution in [0.3, 0.4) is 0 Å². The second kappa shape index (κ2) is 33.8. The van der Waals surface area contributed by atoms with Crippen LogP contribution >= 0.6 is 0 Å². The number of pyridine rings is 5. The first-order valence-electron chi connectivity index (χ1n) is 35.9. The third-order valence-corrected chi connectivity index (χ3v) is 18.2. The fraction of sp³-hybridized carbons (Fsp3) is 0.382. The van der Waals surface area contributed by atoms with E-state index in [1.54, 1.807) is 0 Å². The van der Waals surface area contributed by atoms with Crippen LogP contribution < -0.4 is 22.8 Å². The quantitative estimate of drug-likeness (QED) is 0.109. The summed E-state index contributed by atoms with van der Waals surface area (Å²) in [6.45, 7) is 46.0. The van der Waals surface area contributed by atoms with Crippen molar-refractivity contribution >= 4 is 0 Å². The Kier molecular flexibility index (Phi) is 24.7. The molecule has 0 saturated carbocycles. The highest BCUT2D eigenvalue weighted by molar-refractivity contribution is 5.65. The maximum absolute atomic E-state index is 8.48. The van der Waals surface area contributed by atoms with Crippen LogP contribution in [0.25, 0.3) is 56.3 Å². The van der Waals surface area contributed by atoms with Crippen molar-refractivity contribution in [2.45, 2.75) is 194 Å². The molecule has 0 amide bonds. The topological polar surface area (TPSA) is 19.4 Å². The number of hydrogen-bond donors (Lipinski definition) is 0. The van der Waals surface area contributed by atoms with Gasteiger partial charge in [0.05, 0.1) is 0 Å². The summed E-state index contributed by atoms with van der Waals surface area (Å²) in [5.74, 6) is -0.907. The SMILES string of the molecule is Cc1ccccc1-c1cc(C(C)C)c(C(C)C)c[n+]1C.Cc1ccccc1-c1cc(C)c(C(C)C)c[n+]1C.[2H]C(C)(C)c1c[n+](C)c(-c2ccccc2C)cc1C.[2H]C(C)(C)c1c[n+](C)c(-c2ccccc2C)cc1C.[2H]C(C)(C)c1cc(-c2ccccc2C)[n+](C)cc1C([2H])(C)C. The monoisotopic (exact) mass is 1260 g/mol. The van der Waals surface area contributed by atoms with Crippen LogP contribution in [-0.4, -0.2) is 0 Å². The second-order valence-corrected chi connectivity index (χ2v) is 28.0. The van der Waals surface area contributed by atoms with Crippen molar-refractivity contribution in [3.05, 3.63) is 266 Å². The van der Waals surface area contributed by atoms with Gasteiger partial charge in [0.2, 0.25) is 28.5 Å². The average molecular weight is 1260 g/mol. The van der Waals surface area contributed by atoms with E-state index in [2.05, 4.69) is 312 Å². The molecule has 0 aliphatic rings. The molecule has 10 aromatic rings. The van der Waals surface area contributed by atoms with Crippen molar-refractivity contribution < 1.29 is 28.3 Å². The Balaban J connectivity index is 0.000000194. The van der Waals surface area contributed by atoms with Gasteiger partial charge in [0, 0.05) is 91.4 Å². The lowest BCUT2D eigenvalue weighted by Crippen LogP contribution is -2.32. The van der Waals surface area contributed by atoms with Gasteiger partial charge in [-0.2, -0.15) is 0 Å². The Bertz CT molecular complexity index is 4280. The molecule has 5 nitrogen and oxygen atoms in total. The van der Waals surface area contributed by atoms with E-state index < -0.39 is 23.6 Å². The van der Waals surface area contributed by atoms with Gasteiger partial charge >= 0.3 is 0 Å². The molecule has 94 heavy (non-hydrogen) atoms. The highest BCUT2D eigenvalue weighted by Crippen LogP contribution is 2.33.